The Hall–Kier alpha value is -2.66. The third-order valence-electron chi connectivity index (χ3n) is 4.56. The van der Waals surface area contributed by atoms with Gasteiger partial charge in [-0.05, 0) is 55.7 Å². The van der Waals surface area contributed by atoms with Crippen molar-refractivity contribution in [1.82, 2.24) is 10.1 Å². The summed E-state index contributed by atoms with van der Waals surface area (Å²) in [5.41, 5.74) is 1.83. The Morgan fingerprint density at radius 3 is 2.68 bits per heavy atom. The Morgan fingerprint density at radius 1 is 1.24 bits per heavy atom. The van der Waals surface area contributed by atoms with Gasteiger partial charge in [-0.15, -0.1) is 0 Å². The van der Waals surface area contributed by atoms with Crippen molar-refractivity contribution in [2.24, 2.45) is 0 Å². The average Bonchev–Trinajstić information content (AvgIpc) is 3.28. The summed E-state index contributed by atoms with van der Waals surface area (Å²) >= 11 is 5.91. The molecule has 0 atom stereocenters. The van der Waals surface area contributed by atoms with E-state index in [2.05, 4.69) is 15.5 Å². The van der Waals surface area contributed by atoms with Gasteiger partial charge in [-0.25, -0.2) is 4.98 Å². The van der Waals surface area contributed by atoms with Gasteiger partial charge in [0.25, 0.3) is 0 Å². The fraction of sp³-hybridized carbons (Fsp3) is 0.211. The second-order valence-corrected chi connectivity index (χ2v) is 6.72. The van der Waals surface area contributed by atoms with Crippen molar-refractivity contribution >= 4 is 23.3 Å². The topological polar surface area (TPSA) is 68.0 Å². The molecule has 0 radical (unpaired) electrons. The summed E-state index contributed by atoms with van der Waals surface area (Å²) in [6.45, 7) is 1.91. The maximum absolute atomic E-state index is 12.8. The van der Waals surface area contributed by atoms with Crippen LogP contribution in [0.2, 0.25) is 5.02 Å². The SMILES string of the molecule is Cc1cccnc1NC(=O)C1(c2cc(-c3ccc(Cl)cc3)on2)CC1. The summed E-state index contributed by atoms with van der Waals surface area (Å²) in [6.07, 6.45) is 3.16. The highest BCUT2D eigenvalue weighted by molar-refractivity contribution is 6.30. The van der Waals surface area contributed by atoms with Crippen molar-refractivity contribution in [2.75, 3.05) is 5.32 Å². The molecule has 0 aliphatic heterocycles. The Morgan fingerprint density at radius 2 is 2.00 bits per heavy atom. The number of halogens is 1. The van der Waals surface area contributed by atoms with Crippen molar-refractivity contribution in [3.63, 3.8) is 0 Å². The van der Waals surface area contributed by atoms with Crippen LogP contribution in [0.1, 0.15) is 24.1 Å². The molecule has 0 spiro atoms. The first-order valence-electron chi connectivity index (χ1n) is 8.05. The monoisotopic (exact) mass is 353 g/mol. The molecular weight excluding hydrogens is 338 g/mol. The third kappa shape index (κ3) is 2.91. The Balaban J connectivity index is 1.58. The van der Waals surface area contributed by atoms with E-state index in [0.717, 1.165) is 24.0 Å². The van der Waals surface area contributed by atoms with Gasteiger partial charge >= 0.3 is 0 Å². The number of pyridine rings is 1. The van der Waals surface area contributed by atoms with Crippen molar-refractivity contribution < 1.29 is 9.32 Å². The molecule has 1 amide bonds. The number of carbonyl (C=O) groups is 1. The van der Waals surface area contributed by atoms with Gasteiger partial charge < -0.3 is 9.84 Å². The van der Waals surface area contributed by atoms with E-state index < -0.39 is 5.41 Å². The minimum Gasteiger partial charge on any atom is -0.356 e. The van der Waals surface area contributed by atoms with E-state index in [0.29, 0.717) is 22.3 Å². The number of hydrogen-bond donors (Lipinski definition) is 1. The standard InChI is InChI=1S/C19H16ClN3O2/c1-12-3-2-10-21-17(12)22-18(24)19(8-9-19)16-11-15(25-23-16)13-4-6-14(20)7-5-13/h2-7,10-11H,8-9H2,1H3,(H,21,22,24). The molecule has 25 heavy (non-hydrogen) atoms. The van der Waals surface area contributed by atoms with E-state index in [9.17, 15) is 4.79 Å². The first-order chi connectivity index (χ1) is 12.1. The van der Waals surface area contributed by atoms with Crippen LogP contribution >= 0.6 is 11.6 Å². The average molecular weight is 354 g/mol. The van der Waals surface area contributed by atoms with E-state index >= 15 is 0 Å². The first kappa shape index (κ1) is 15.8. The highest BCUT2D eigenvalue weighted by Gasteiger charge is 2.54. The minimum absolute atomic E-state index is 0.0924. The van der Waals surface area contributed by atoms with E-state index in [1.807, 2.05) is 37.3 Å². The molecule has 4 rings (SSSR count). The second kappa shape index (κ2) is 6.01. The van der Waals surface area contributed by atoms with E-state index in [-0.39, 0.29) is 5.91 Å². The van der Waals surface area contributed by atoms with Gasteiger partial charge in [-0.3, -0.25) is 4.79 Å². The molecule has 2 aromatic heterocycles. The van der Waals surface area contributed by atoms with E-state index in [4.69, 9.17) is 16.1 Å². The van der Waals surface area contributed by atoms with Crippen LogP contribution in [0.15, 0.2) is 53.2 Å². The van der Waals surface area contributed by atoms with Gasteiger partial charge in [0.15, 0.2) is 5.76 Å². The lowest BCUT2D eigenvalue weighted by atomic mass is 10.00. The van der Waals surface area contributed by atoms with Crippen molar-refractivity contribution in [3.05, 3.63) is 64.9 Å². The molecule has 0 unspecified atom stereocenters. The maximum Gasteiger partial charge on any atom is 0.237 e. The van der Waals surface area contributed by atoms with Gasteiger partial charge in [-0.2, -0.15) is 0 Å². The molecule has 0 saturated heterocycles. The molecule has 1 aromatic carbocycles. The smallest absolute Gasteiger partial charge is 0.237 e. The molecule has 1 aliphatic rings. The number of benzene rings is 1. The van der Waals surface area contributed by atoms with Crippen LogP contribution in [0, 0.1) is 6.92 Å². The number of nitrogens with zero attached hydrogens (tertiary/aromatic N) is 2. The fourth-order valence-electron chi connectivity index (χ4n) is 2.82. The Labute approximate surface area is 150 Å². The molecule has 2 heterocycles. The zero-order chi connectivity index (χ0) is 17.4. The van der Waals surface area contributed by atoms with Gasteiger partial charge in [-0.1, -0.05) is 22.8 Å². The van der Waals surface area contributed by atoms with Crippen LogP contribution in [0.25, 0.3) is 11.3 Å². The molecule has 6 heteroatoms. The molecule has 126 valence electrons. The predicted molar refractivity (Wildman–Crippen MR) is 95.5 cm³/mol. The van der Waals surface area contributed by atoms with Crippen LogP contribution in [-0.2, 0) is 10.2 Å². The number of aryl methyl sites for hydroxylation is 1. The van der Waals surface area contributed by atoms with Crippen molar-refractivity contribution in [2.45, 2.75) is 25.2 Å². The number of nitrogens with one attached hydrogen (secondary N) is 1. The normalized spacial score (nSPS) is 15.0. The largest absolute Gasteiger partial charge is 0.356 e. The quantitative estimate of drug-likeness (QED) is 0.756. The summed E-state index contributed by atoms with van der Waals surface area (Å²) in [7, 11) is 0. The summed E-state index contributed by atoms with van der Waals surface area (Å²) in [5, 5.41) is 7.72. The van der Waals surface area contributed by atoms with Crippen molar-refractivity contribution in [1.29, 1.82) is 0 Å². The zero-order valence-corrected chi connectivity index (χ0v) is 14.4. The molecule has 0 bridgehead atoms. The Bertz CT molecular complexity index is 930. The van der Waals surface area contributed by atoms with Crippen LogP contribution < -0.4 is 5.32 Å². The molecular formula is C19H16ClN3O2. The first-order valence-corrected chi connectivity index (χ1v) is 8.42. The van der Waals surface area contributed by atoms with Gasteiger partial charge in [0.05, 0.1) is 11.1 Å². The summed E-state index contributed by atoms with van der Waals surface area (Å²) in [4.78, 5) is 17.0. The number of anilines is 1. The maximum atomic E-state index is 12.8. The number of amides is 1. The van der Waals surface area contributed by atoms with E-state index in [1.54, 1.807) is 18.3 Å². The zero-order valence-electron chi connectivity index (χ0n) is 13.6. The Kier molecular flexibility index (Phi) is 3.81. The van der Waals surface area contributed by atoms with Crippen LogP contribution in [0.3, 0.4) is 0 Å². The number of rotatable bonds is 4. The number of hydrogen-bond acceptors (Lipinski definition) is 4. The molecule has 3 aromatic rings. The van der Waals surface area contributed by atoms with Crippen LogP contribution in [0.4, 0.5) is 5.82 Å². The van der Waals surface area contributed by atoms with Gasteiger partial charge in [0.2, 0.25) is 5.91 Å². The number of aromatic nitrogens is 2. The lowest BCUT2D eigenvalue weighted by molar-refractivity contribution is -0.118. The third-order valence-corrected chi connectivity index (χ3v) is 4.81. The van der Waals surface area contributed by atoms with Gasteiger partial charge in [0, 0.05) is 22.8 Å². The minimum atomic E-state index is -0.627. The van der Waals surface area contributed by atoms with Gasteiger partial charge in [0.1, 0.15) is 5.82 Å². The summed E-state index contributed by atoms with van der Waals surface area (Å²) < 4.78 is 5.45. The highest BCUT2D eigenvalue weighted by Crippen LogP contribution is 2.49. The van der Waals surface area contributed by atoms with Crippen LogP contribution in [0.5, 0.6) is 0 Å². The molecule has 1 N–H and O–H groups in total. The lowest BCUT2D eigenvalue weighted by Gasteiger charge is -2.13. The van der Waals surface area contributed by atoms with Crippen molar-refractivity contribution in [3.8, 4) is 11.3 Å². The summed E-state index contributed by atoms with van der Waals surface area (Å²) in [6, 6.07) is 12.9. The summed E-state index contributed by atoms with van der Waals surface area (Å²) in [5.74, 6) is 1.12. The number of carbonyl (C=O) groups excluding carboxylic acids is 1. The fourth-order valence-corrected chi connectivity index (χ4v) is 2.95. The molecule has 1 fully saturated rings. The molecule has 1 saturated carbocycles. The molecule has 5 nitrogen and oxygen atoms in total. The molecule has 1 aliphatic carbocycles. The predicted octanol–water partition coefficient (Wildman–Crippen LogP) is 4.37. The second-order valence-electron chi connectivity index (χ2n) is 6.29. The van der Waals surface area contributed by atoms with E-state index in [1.165, 1.54) is 0 Å². The lowest BCUT2D eigenvalue weighted by Crippen LogP contribution is -2.28. The van der Waals surface area contributed by atoms with Crippen LogP contribution in [-0.4, -0.2) is 16.0 Å². The highest BCUT2D eigenvalue weighted by atomic mass is 35.5.